The molecule has 1 unspecified atom stereocenters. The lowest BCUT2D eigenvalue weighted by Gasteiger charge is -2.16. The van der Waals surface area contributed by atoms with E-state index in [1.807, 2.05) is 0 Å². The molecule has 114 valence electrons. The number of benzene rings is 1. The number of aryl methyl sites for hydroxylation is 1. The molecule has 21 heavy (non-hydrogen) atoms. The fourth-order valence-corrected chi connectivity index (χ4v) is 3.64. The minimum Gasteiger partial charge on any atom is -0.394 e. The molecule has 9 heteroatoms. The molecule has 0 aliphatic carbocycles. The first-order valence-corrected chi connectivity index (χ1v) is 7.77. The lowest BCUT2D eigenvalue weighted by atomic mass is 10.2. The van der Waals surface area contributed by atoms with E-state index in [1.165, 1.54) is 23.0 Å². The van der Waals surface area contributed by atoms with Gasteiger partial charge in [0.1, 0.15) is 10.7 Å². The molecule has 0 radical (unpaired) electrons. The van der Waals surface area contributed by atoms with Gasteiger partial charge >= 0.3 is 0 Å². The monoisotopic (exact) mass is 333 g/mol. The van der Waals surface area contributed by atoms with Crippen molar-refractivity contribution in [2.24, 2.45) is 7.05 Å². The highest BCUT2D eigenvalue weighted by atomic mass is 35.5. The van der Waals surface area contributed by atoms with Crippen LogP contribution in [0.4, 0.5) is 4.39 Å². The summed E-state index contributed by atoms with van der Waals surface area (Å²) < 4.78 is 41.9. The van der Waals surface area contributed by atoms with Crippen molar-refractivity contribution in [3.05, 3.63) is 47.0 Å². The van der Waals surface area contributed by atoms with Gasteiger partial charge in [-0.1, -0.05) is 17.7 Å². The van der Waals surface area contributed by atoms with E-state index < -0.39 is 33.4 Å². The highest BCUT2D eigenvalue weighted by molar-refractivity contribution is 7.89. The topological polar surface area (TPSA) is 84.2 Å². The molecule has 2 rings (SSSR count). The Labute approximate surface area is 126 Å². The second kappa shape index (κ2) is 6.10. The van der Waals surface area contributed by atoms with Gasteiger partial charge in [-0.3, -0.25) is 4.68 Å². The van der Waals surface area contributed by atoms with Gasteiger partial charge in [0.15, 0.2) is 0 Å². The van der Waals surface area contributed by atoms with Crippen LogP contribution in [0.5, 0.6) is 0 Å². The summed E-state index contributed by atoms with van der Waals surface area (Å²) in [5, 5.41) is 13.0. The van der Waals surface area contributed by atoms with Crippen LogP contribution in [0, 0.1) is 5.82 Å². The Hall–Kier alpha value is -1.48. The Morgan fingerprint density at radius 1 is 1.52 bits per heavy atom. The van der Waals surface area contributed by atoms with Crippen LogP contribution in [-0.2, 0) is 17.1 Å². The summed E-state index contributed by atoms with van der Waals surface area (Å²) in [6, 6.07) is 2.64. The van der Waals surface area contributed by atoms with Gasteiger partial charge in [-0.05, 0) is 12.1 Å². The summed E-state index contributed by atoms with van der Waals surface area (Å²) in [5.74, 6) is -0.960. The summed E-state index contributed by atoms with van der Waals surface area (Å²) in [6.45, 7) is -0.503. The largest absolute Gasteiger partial charge is 0.394 e. The smallest absolute Gasteiger partial charge is 0.245 e. The molecule has 6 nitrogen and oxygen atoms in total. The fourth-order valence-electron chi connectivity index (χ4n) is 1.82. The van der Waals surface area contributed by atoms with E-state index in [2.05, 4.69) is 9.82 Å². The summed E-state index contributed by atoms with van der Waals surface area (Å²) in [4.78, 5) is -0.644. The number of halogens is 2. The molecule has 0 bridgehead atoms. The van der Waals surface area contributed by atoms with Crippen molar-refractivity contribution in [1.29, 1.82) is 0 Å². The van der Waals surface area contributed by atoms with Gasteiger partial charge in [-0.15, -0.1) is 0 Å². The maximum absolute atomic E-state index is 13.7. The molecule has 1 heterocycles. The molecular weight excluding hydrogens is 321 g/mol. The van der Waals surface area contributed by atoms with Crippen molar-refractivity contribution in [2.75, 3.05) is 6.61 Å². The Morgan fingerprint density at radius 2 is 2.24 bits per heavy atom. The number of rotatable bonds is 5. The van der Waals surface area contributed by atoms with E-state index in [1.54, 1.807) is 13.2 Å². The molecule has 0 aliphatic heterocycles. The van der Waals surface area contributed by atoms with Crippen LogP contribution in [0.15, 0.2) is 35.5 Å². The molecule has 1 atom stereocenters. The van der Waals surface area contributed by atoms with Gasteiger partial charge < -0.3 is 5.11 Å². The zero-order chi connectivity index (χ0) is 15.6. The normalized spacial score (nSPS) is 13.3. The van der Waals surface area contributed by atoms with Gasteiger partial charge in [0.2, 0.25) is 10.0 Å². The van der Waals surface area contributed by atoms with Crippen LogP contribution in [0.2, 0.25) is 5.02 Å². The van der Waals surface area contributed by atoms with Crippen molar-refractivity contribution >= 4 is 21.6 Å². The Kier molecular flexibility index (Phi) is 4.62. The molecule has 0 saturated carbocycles. The lowest BCUT2D eigenvalue weighted by Crippen LogP contribution is -2.31. The second-order valence-corrected chi connectivity index (χ2v) is 6.41. The Morgan fingerprint density at radius 3 is 2.76 bits per heavy atom. The Balaban J connectivity index is 2.36. The number of aromatic nitrogens is 2. The second-order valence-electron chi connectivity index (χ2n) is 4.35. The molecule has 0 amide bonds. The Bertz CT molecular complexity index is 728. The number of aliphatic hydroxyl groups excluding tert-OH is 1. The first-order valence-electron chi connectivity index (χ1n) is 5.91. The van der Waals surface area contributed by atoms with Crippen LogP contribution >= 0.6 is 11.6 Å². The first kappa shape index (κ1) is 15.9. The van der Waals surface area contributed by atoms with E-state index in [-0.39, 0.29) is 5.02 Å². The lowest BCUT2D eigenvalue weighted by molar-refractivity contribution is 0.258. The van der Waals surface area contributed by atoms with Crippen LogP contribution in [0.3, 0.4) is 0 Å². The molecule has 2 aromatic rings. The van der Waals surface area contributed by atoms with Crippen LogP contribution in [0.25, 0.3) is 0 Å². The standard InChI is InChI=1S/C12H13ClFN3O3S/c1-17-6-8(5-15-17)11(7-18)16-21(19,20)12-9(13)3-2-4-10(12)14/h2-6,11,16,18H,7H2,1H3. The average molecular weight is 334 g/mol. The predicted molar refractivity (Wildman–Crippen MR) is 74.8 cm³/mol. The van der Waals surface area contributed by atoms with Gasteiger partial charge in [0.05, 0.1) is 23.9 Å². The molecule has 0 saturated heterocycles. The minimum atomic E-state index is -4.23. The zero-order valence-corrected chi connectivity index (χ0v) is 12.6. The van der Waals surface area contributed by atoms with E-state index in [0.717, 1.165) is 6.07 Å². The quantitative estimate of drug-likeness (QED) is 0.861. The third kappa shape index (κ3) is 3.41. The number of hydrogen-bond donors (Lipinski definition) is 2. The molecule has 2 N–H and O–H groups in total. The number of sulfonamides is 1. The fraction of sp³-hybridized carbons (Fsp3) is 0.250. The molecule has 1 aromatic carbocycles. The van der Waals surface area contributed by atoms with Crippen LogP contribution in [0.1, 0.15) is 11.6 Å². The van der Waals surface area contributed by atoms with Gasteiger partial charge in [-0.25, -0.2) is 17.5 Å². The van der Waals surface area contributed by atoms with Crippen LogP contribution < -0.4 is 4.72 Å². The maximum atomic E-state index is 13.7. The first-order chi connectivity index (χ1) is 9.85. The summed E-state index contributed by atoms with van der Waals surface area (Å²) >= 11 is 5.75. The number of hydrogen-bond acceptors (Lipinski definition) is 4. The van der Waals surface area contributed by atoms with Gasteiger partial charge in [-0.2, -0.15) is 5.10 Å². The van der Waals surface area contributed by atoms with Gasteiger partial charge in [0, 0.05) is 18.8 Å². The molecule has 0 fully saturated rings. The third-order valence-corrected chi connectivity index (χ3v) is 4.77. The number of aliphatic hydroxyl groups is 1. The average Bonchev–Trinajstić information content (AvgIpc) is 2.82. The SMILES string of the molecule is Cn1cc(C(CO)NS(=O)(=O)c2c(F)cccc2Cl)cn1. The van der Waals surface area contributed by atoms with E-state index >= 15 is 0 Å². The highest BCUT2D eigenvalue weighted by Gasteiger charge is 2.26. The van der Waals surface area contributed by atoms with Crippen molar-refractivity contribution in [3.8, 4) is 0 Å². The molecule has 1 aromatic heterocycles. The predicted octanol–water partition coefficient (Wildman–Crippen LogP) is 1.22. The van der Waals surface area contributed by atoms with Crippen LogP contribution in [-0.4, -0.2) is 29.9 Å². The number of nitrogens with one attached hydrogen (secondary N) is 1. The molecule has 0 aliphatic rings. The summed E-state index contributed by atoms with van der Waals surface area (Å²) in [6.07, 6.45) is 2.96. The maximum Gasteiger partial charge on any atom is 0.245 e. The highest BCUT2D eigenvalue weighted by Crippen LogP contribution is 2.25. The van der Waals surface area contributed by atoms with E-state index in [4.69, 9.17) is 11.6 Å². The van der Waals surface area contributed by atoms with Gasteiger partial charge in [0.25, 0.3) is 0 Å². The number of nitrogens with zero attached hydrogens (tertiary/aromatic N) is 2. The van der Waals surface area contributed by atoms with Crippen molar-refractivity contribution in [2.45, 2.75) is 10.9 Å². The summed E-state index contributed by atoms with van der Waals surface area (Å²) in [5.41, 5.74) is 0.455. The molecule has 0 spiro atoms. The van der Waals surface area contributed by atoms with E-state index in [9.17, 15) is 17.9 Å². The zero-order valence-electron chi connectivity index (χ0n) is 11.0. The summed E-state index contributed by atoms with van der Waals surface area (Å²) in [7, 11) is -2.57. The molecular formula is C12H13ClFN3O3S. The van der Waals surface area contributed by atoms with Crippen molar-refractivity contribution in [1.82, 2.24) is 14.5 Å². The third-order valence-electron chi connectivity index (χ3n) is 2.79. The van der Waals surface area contributed by atoms with Crippen molar-refractivity contribution in [3.63, 3.8) is 0 Å². The van der Waals surface area contributed by atoms with Crippen molar-refractivity contribution < 1.29 is 17.9 Å². The minimum absolute atomic E-state index is 0.231. The van der Waals surface area contributed by atoms with E-state index in [0.29, 0.717) is 5.56 Å².